The lowest BCUT2D eigenvalue weighted by atomic mass is 10.1. The average Bonchev–Trinajstić information content (AvgIpc) is 2.68. The summed E-state index contributed by atoms with van der Waals surface area (Å²) in [6, 6.07) is 7.63. The highest BCUT2D eigenvalue weighted by Crippen LogP contribution is 2.26. The summed E-state index contributed by atoms with van der Waals surface area (Å²) >= 11 is 1.66. The quantitative estimate of drug-likeness (QED) is 0.764. The molecule has 0 fully saturated rings. The molecule has 0 aliphatic carbocycles. The summed E-state index contributed by atoms with van der Waals surface area (Å²) in [4.78, 5) is 12.1. The number of benzene rings is 1. The van der Waals surface area contributed by atoms with Gasteiger partial charge < -0.3 is 4.42 Å². The van der Waals surface area contributed by atoms with Crippen molar-refractivity contribution < 1.29 is 9.21 Å². The van der Waals surface area contributed by atoms with E-state index < -0.39 is 0 Å². The average molecular weight is 248 g/mol. The van der Waals surface area contributed by atoms with E-state index in [1.165, 1.54) is 0 Å². The maximum atomic E-state index is 12.1. The van der Waals surface area contributed by atoms with Gasteiger partial charge in [-0.2, -0.15) is 0 Å². The second-order valence-electron chi connectivity index (χ2n) is 4.97. The van der Waals surface area contributed by atoms with E-state index in [0.29, 0.717) is 11.3 Å². The molecule has 3 heteroatoms. The number of carbonyl (C=O) groups excluding carboxylic acids is 1. The number of para-hydroxylation sites is 1. The van der Waals surface area contributed by atoms with E-state index >= 15 is 0 Å². The van der Waals surface area contributed by atoms with Crippen LogP contribution in [0.15, 0.2) is 34.9 Å². The highest BCUT2D eigenvalue weighted by atomic mass is 32.2. The van der Waals surface area contributed by atoms with Gasteiger partial charge in [0.05, 0.1) is 11.3 Å². The lowest BCUT2D eigenvalue weighted by molar-refractivity contribution is 0.102. The van der Waals surface area contributed by atoms with Crippen LogP contribution in [0, 0.1) is 0 Å². The third-order valence-corrected chi connectivity index (χ3v) is 3.69. The molecular weight excluding hydrogens is 232 g/mol. The van der Waals surface area contributed by atoms with Crippen LogP contribution in [0.3, 0.4) is 0 Å². The topological polar surface area (TPSA) is 30.2 Å². The molecule has 0 radical (unpaired) electrons. The van der Waals surface area contributed by atoms with Crippen molar-refractivity contribution in [3.63, 3.8) is 0 Å². The van der Waals surface area contributed by atoms with E-state index in [9.17, 15) is 4.79 Å². The van der Waals surface area contributed by atoms with Crippen LogP contribution < -0.4 is 0 Å². The van der Waals surface area contributed by atoms with E-state index in [4.69, 9.17) is 4.42 Å². The number of hydrogen-bond donors (Lipinski definition) is 0. The number of fused-ring (bicyclic) bond motifs is 1. The van der Waals surface area contributed by atoms with Gasteiger partial charge in [-0.1, -0.05) is 39.0 Å². The first-order chi connectivity index (χ1) is 7.97. The Bertz CT molecular complexity index is 534. The molecule has 0 saturated carbocycles. The minimum Gasteiger partial charge on any atom is -0.464 e. The summed E-state index contributed by atoms with van der Waals surface area (Å²) in [7, 11) is 0. The second kappa shape index (κ2) is 4.57. The number of Topliss-reactive ketones (excluding diaryl/α,β-unsaturated/α-hetero) is 1. The molecular formula is C14H16O2S. The number of hydrogen-bond acceptors (Lipinski definition) is 3. The molecule has 2 rings (SSSR count). The molecule has 90 valence electrons. The van der Waals surface area contributed by atoms with Crippen LogP contribution >= 0.6 is 11.8 Å². The first kappa shape index (κ1) is 12.2. The Labute approximate surface area is 105 Å². The van der Waals surface area contributed by atoms with Crippen LogP contribution in [-0.2, 0) is 0 Å². The fourth-order valence-corrected chi connectivity index (χ4v) is 2.27. The zero-order valence-electron chi connectivity index (χ0n) is 10.3. The number of furan rings is 1. The summed E-state index contributed by atoms with van der Waals surface area (Å²) in [6.45, 7) is 6.33. The standard InChI is InChI=1S/C14H16O2S/c1-14(2,3)17-9-12(15)11-8-16-13-7-5-4-6-10(11)13/h4-8H,9H2,1-3H3. The van der Waals surface area contributed by atoms with Crippen LogP contribution in [0.5, 0.6) is 0 Å². The van der Waals surface area contributed by atoms with Gasteiger partial charge in [0.2, 0.25) is 0 Å². The fourth-order valence-electron chi connectivity index (χ4n) is 1.55. The van der Waals surface area contributed by atoms with Crippen LogP contribution in [0.1, 0.15) is 31.1 Å². The molecule has 2 aromatic rings. The summed E-state index contributed by atoms with van der Waals surface area (Å²) in [5.41, 5.74) is 1.47. The first-order valence-electron chi connectivity index (χ1n) is 5.61. The molecule has 0 amide bonds. The zero-order valence-corrected chi connectivity index (χ0v) is 11.1. The number of rotatable bonds is 3. The fraction of sp³-hybridized carbons (Fsp3) is 0.357. The van der Waals surface area contributed by atoms with Crippen LogP contribution in [-0.4, -0.2) is 16.3 Å². The molecule has 0 bridgehead atoms. The van der Waals surface area contributed by atoms with Crippen LogP contribution in [0.2, 0.25) is 0 Å². The van der Waals surface area contributed by atoms with Gasteiger partial charge >= 0.3 is 0 Å². The Hall–Kier alpha value is -1.22. The Balaban J connectivity index is 2.20. The molecule has 0 atom stereocenters. The smallest absolute Gasteiger partial charge is 0.176 e. The molecule has 0 spiro atoms. The molecule has 0 unspecified atom stereocenters. The first-order valence-corrected chi connectivity index (χ1v) is 6.59. The van der Waals surface area contributed by atoms with Crippen LogP contribution in [0.25, 0.3) is 11.0 Å². The minimum atomic E-state index is 0.106. The summed E-state index contributed by atoms with van der Waals surface area (Å²) < 4.78 is 5.48. The van der Waals surface area contributed by atoms with Crippen molar-refractivity contribution in [3.05, 3.63) is 36.1 Å². The number of carbonyl (C=O) groups is 1. The van der Waals surface area contributed by atoms with E-state index in [0.717, 1.165) is 11.0 Å². The Morgan fingerprint density at radius 1 is 1.29 bits per heavy atom. The maximum absolute atomic E-state index is 12.1. The molecule has 0 aliphatic rings. The van der Waals surface area contributed by atoms with Crippen molar-refractivity contribution in [1.29, 1.82) is 0 Å². The van der Waals surface area contributed by atoms with Gasteiger partial charge in [0.15, 0.2) is 5.78 Å². The predicted octanol–water partition coefficient (Wildman–Crippen LogP) is 4.15. The molecule has 1 aromatic heterocycles. The van der Waals surface area contributed by atoms with Crippen molar-refractivity contribution in [2.45, 2.75) is 25.5 Å². The molecule has 17 heavy (non-hydrogen) atoms. The predicted molar refractivity (Wildman–Crippen MR) is 72.8 cm³/mol. The van der Waals surface area contributed by atoms with E-state index in [2.05, 4.69) is 20.8 Å². The maximum Gasteiger partial charge on any atom is 0.176 e. The van der Waals surface area contributed by atoms with Crippen molar-refractivity contribution >= 4 is 28.5 Å². The third-order valence-electron chi connectivity index (χ3n) is 2.42. The highest BCUT2D eigenvalue weighted by Gasteiger charge is 2.17. The van der Waals surface area contributed by atoms with E-state index in [-0.39, 0.29) is 10.5 Å². The van der Waals surface area contributed by atoms with Crippen molar-refractivity contribution in [2.24, 2.45) is 0 Å². The third kappa shape index (κ3) is 2.91. The summed E-state index contributed by atoms with van der Waals surface area (Å²) in [5, 5.41) is 0.909. The lowest BCUT2D eigenvalue weighted by Gasteiger charge is -2.16. The Morgan fingerprint density at radius 3 is 2.71 bits per heavy atom. The van der Waals surface area contributed by atoms with Gasteiger partial charge in [0, 0.05) is 10.1 Å². The van der Waals surface area contributed by atoms with Crippen molar-refractivity contribution in [3.8, 4) is 0 Å². The summed E-state index contributed by atoms with van der Waals surface area (Å²) in [5.74, 6) is 0.627. The minimum absolute atomic E-state index is 0.106. The molecule has 2 nitrogen and oxygen atoms in total. The van der Waals surface area contributed by atoms with Gasteiger partial charge in [-0.05, 0) is 6.07 Å². The molecule has 0 aliphatic heterocycles. The largest absolute Gasteiger partial charge is 0.464 e. The van der Waals surface area contributed by atoms with Gasteiger partial charge in [-0.15, -0.1) is 11.8 Å². The van der Waals surface area contributed by atoms with Gasteiger partial charge in [-0.3, -0.25) is 4.79 Å². The van der Waals surface area contributed by atoms with Gasteiger partial charge in [-0.25, -0.2) is 0 Å². The molecule has 1 heterocycles. The van der Waals surface area contributed by atoms with Crippen molar-refractivity contribution in [2.75, 3.05) is 5.75 Å². The Kier molecular flexibility index (Phi) is 3.29. The Morgan fingerprint density at radius 2 is 2.00 bits per heavy atom. The van der Waals surface area contributed by atoms with Crippen LogP contribution in [0.4, 0.5) is 0 Å². The normalized spacial score (nSPS) is 11.9. The summed E-state index contributed by atoms with van der Waals surface area (Å²) in [6.07, 6.45) is 1.57. The number of ketones is 1. The van der Waals surface area contributed by atoms with Gasteiger partial charge in [0.1, 0.15) is 11.8 Å². The van der Waals surface area contributed by atoms with Crippen molar-refractivity contribution in [1.82, 2.24) is 0 Å². The monoisotopic (exact) mass is 248 g/mol. The zero-order chi connectivity index (χ0) is 12.5. The molecule has 0 saturated heterocycles. The lowest BCUT2D eigenvalue weighted by Crippen LogP contribution is -2.12. The van der Waals surface area contributed by atoms with Gasteiger partial charge in [0.25, 0.3) is 0 Å². The SMILES string of the molecule is CC(C)(C)SCC(=O)c1coc2ccccc12. The second-order valence-corrected chi connectivity index (χ2v) is 6.77. The molecule has 0 N–H and O–H groups in total. The number of thioether (sulfide) groups is 1. The molecule has 1 aromatic carbocycles. The van der Waals surface area contributed by atoms with E-state index in [1.54, 1.807) is 18.0 Å². The van der Waals surface area contributed by atoms with E-state index in [1.807, 2.05) is 24.3 Å². The highest BCUT2D eigenvalue weighted by molar-refractivity contribution is 8.01.